The quantitative estimate of drug-likeness (QED) is 0.589. The zero-order valence-electron chi connectivity index (χ0n) is 17.0. The second-order valence-electron chi connectivity index (χ2n) is 7.07. The summed E-state index contributed by atoms with van der Waals surface area (Å²) in [5, 5.41) is 12.9. The van der Waals surface area contributed by atoms with E-state index >= 15 is 0 Å². The van der Waals surface area contributed by atoms with Crippen LogP contribution in [-0.4, -0.2) is 57.6 Å². The van der Waals surface area contributed by atoms with E-state index in [1.807, 2.05) is 39.8 Å². The Hall–Kier alpha value is -2.84. The van der Waals surface area contributed by atoms with E-state index in [2.05, 4.69) is 46.7 Å². The molecule has 1 N–H and O–H groups in total. The maximum Gasteiger partial charge on any atom is 0.233 e. The van der Waals surface area contributed by atoms with Crippen molar-refractivity contribution in [1.29, 1.82) is 0 Å². The fourth-order valence-electron chi connectivity index (χ4n) is 3.23. The summed E-state index contributed by atoms with van der Waals surface area (Å²) in [6.45, 7) is 5.10. The van der Waals surface area contributed by atoms with Gasteiger partial charge in [0.1, 0.15) is 0 Å². The van der Waals surface area contributed by atoms with Crippen molar-refractivity contribution < 1.29 is 9.53 Å². The molecule has 4 rings (SSSR count). The Balaban J connectivity index is 1.50. The number of morpholine rings is 1. The van der Waals surface area contributed by atoms with E-state index in [1.165, 1.54) is 17.3 Å². The Kier molecular flexibility index (Phi) is 6.66. The Labute approximate surface area is 180 Å². The molecule has 156 valence electrons. The summed E-state index contributed by atoms with van der Waals surface area (Å²) in [5.41, 5.74) is 3.22. The highest BCUT2D eigenvalue weighted by Gasteiger charge is 2.20. The Morgan fingerprint density at radius 1 is 1.07 bits per heavy atom. The lowest BCUT2D eigenvalue weighted by molar-refractivity contribution is -0.132. The molecule has 0 aliphatic carbocycles. The number of hydrogen-bond acceptors (Lipinski definition) is 6. The minimum Gasteiger partial charge on any atom is -0.378 e. The van der Waals surface area contributed by atoms with Gasteiger partial charge < -0.3 is 15.0 Å². The van der Waals surface area contributed by atoms with Gasteiger partial charge in [-0.25, -0.2) is 0 Å². The van der Waals surface area contributed by atoms with Gasteiger partial charge in [-0.15, -0.1) is 10.2 Å². The van der Waals surface area contributed by atoms with E-state index in [0.717, 1.165) is 17.2 Å². The summed E-state index contributed by atoms with van der Waals surface area (Å²) in [4.78, 5) is 14.4. The van der Waals surface area contributed by atoms with Gasteiger partial charge in [0.2, 0.25) is 5.91 Å². The van der Waals surface area contributed by atoms with Crippen LogP contribution in [0.25, 0.3) is 5.69 Å². The number of hydrogen-bond donors (Lipinski definition) is 1. The monoisotopic (exact) mass is 423 g/mol. The number of rotatable bonds is 7. The van der Waals surface area contributed by atoms with Crippen molar-refractivity contribution in [2.24, 2.45) is 0 Å². The number of carbonyl (C=O) groups excluding carboxylic acids is 1. The van der Waals surface area contributed by atoms with Crippen LogP contribution >= 0.6 is 11.8 Å². The van der Waals surface area contributed by atoms with Crippen molar-refractivity contribution >= 4 is 23.4 Å². The number of ether oxygens (including phenoxy) is 1. The molecule has 1 aliphatic rings. The number of aryl methyl sites for hydroxylation is 1. The van der Waals surface area contributed by atoms with Crippen molar-refractivity contribution in [3.8, 4) is 5.69 Å². The number of para-hydroxylation sites is 1. The number of anilines is 1. The third-order valence-electron chi connectivity index (χ3n) is 4.91. The van der Waals surface area contributed by atoms with Crippen molar-refractivity contribution in [1.82, 2.24) is 19.7 Å². The molecule has 7 nitrogen and oxygen atoms in total. The van der Waals surface area contributed by atoms with Crippen molar-refractivity contribution in [2.75, 3.05) is 37.4 Å². The third-order valence-corrected chi connectivity index (χ3v) is 5.82. The number of carbonyl (C=O) groups is 1. The summed E-state index contributed by atoms with van der Waals surface area (Å²) >= 11 is 1.42. The Bertz CT molecular complexity index is 969. The molecule has 0 unspecified atom stereocenters. The van der Waals surface area contributed by atoms with Crippen LogP contribution in [0.4, 0.5) is 5.69 Å². The molecule has 0 saturated carbocycles. The van der Waals surface area contributed by atoms with Crippen molar-refractivity contribution in [2.45, 2.75) is 18.6 Å². The maximum absolute atomic E-state index is 12.5. The average molecular weight is 424 g/mol. The molecular weight excluding hydrogens is 398 g/mol. The van der Waals surface area contributed by atoms with Crippen LogP contribution in [0, 0.1) is 6.92 Å². The molecule has 1 saturated heterocycles. The second kappa shape index (κ2) is 9.77. The van der Waals surface area contributed by atoms with Crippen LogP contribution in [-0.2, 0) is 16.1 Å². The first-order valence-electron chi connectivity index (χ1n) is 9.99. The molecule has 1 amide bonds. The number of aromatic nitrogens is 3. The smallest absolute Gasteiger partial charge is 0.233 e. The lowest BCUT2D eigenvalue weighted by atomic mass is 10.2. The van der Waals surface area contributed by atoms with E-state index < -0.39 is 0 Å². The molecule has 0 radical (unpaired) electrons. The standard InChI is InChI=1S/C22H25N5O2S/c1-17-7-9-18(10-8-17)23-15-20-24-25-22(27(20)19-5-3-2-4-6-19)30-16-21(28)26-11-13-29-14-12-26/h2-10,23H,11-16H2,1H3. The molecule has 2 heterocycles. The number of thioether (sulfide) groups is 1. The minimum atomic E-state index is 0.102. The molecule has 2 aromatic carbocycles. The third kappa shape index (κ3) is 5.01. The number of benzene rings is 2. The Morgan fingerprint density at radius 2 is 1.80 bits per heavy atom. The highest BCUT2D eigenvalue weighted by Crippen LogP contribution is 2.23. The fraction of sp³-hybridized carbons (Fsp3) is 0.318. The van der Waals surface area contributed by atoms with Gasteiger partial charge in [-0.05, 0) is 31.2 Å². The van der Waals surface area contributed by atoms with Gasteiger partial charge in [0, 0.05) is 24.5 Å². The van der Waals surface area contributed by atoms with Gasteiger partial charge >= 0.3 is 0 Å². The molecule has 1 fully saturated rings. The summed E-state index contributed by atoms with van der Waals surface area (Å²) < 4.78 is 7.34. The van der Waals surface area contributed by atoms with E-state index in [-0.39, 0.29) is 5.91 Å². The molecule has 0 bridgehead atoms. The number of nitrogens with one attached hydrogen (secondary N) is 1. The van der Waals surface area contributed by atoms with Gasteiger partial charge in [-0.3, -0.25) is 9.36 Å². The maximum atomic E-state index is 12.5. The fourth-order valence-corrected chi connectivity index (χ4v) is 4.10. The van der Waals surface area contributed by atoms with Gasteiger partial charge in [0.15, 0.2) is 11.0 Å². The SMILES string of the molecule is Cc1ccc(NCc2nnc(SCC(=O)N3CCOCC3)n2-c2ccccc2)cc1. The average Bonchev–Trinajstić information content (AvgIpc) is 3.21. The zero-order valence-corrected chi connectivity index (χ0v) is 17.8. The largest absolute Gasteiger partial charge is 0.378 e. The van der Waals surface area contributed by atoms with E-state index in [0.29, 0.717) is 43.8 Å². The summed E-state index contributed by atoms with van der Waals surface area (Å²) in [6, 6.07) is 18.2. The zero-order chi connectivity index (χ0) is 20.8. The van der Waals surface area contributed by atoms with Crippen molar-refractivity contribution in [3.05, 3.63) is 66.0 Å². The first-order valence-corrected chi connectivity index (χ1v) is 11.0. The first kappa shape index (κ1) is 20.4. The van der Waals surface area contributed by atoms with Gasteiger partial charge in [0.25, 0.3) is 0 Å². The molecule has 0 atom stereocenters. The number of nitrogens with zero attached hydrogens (tertiary/aromatic N) is 4. The topological polar surface area (TPSA) is 72.3 Å². The second-order valence-corrected chi connectivity index (χ2v) is 8.01. The van der Waals surface area contributed by atoms with Crippen LogP contribution in [0.2, 0.25) is 0 Å². The lowest BCUT2D eigenvalue weighted by Crippen LogP contribution is -2.41. The predicted octanol–water partition coefficient (Wildman–Crippen LogP) is 3.14. The normalized spacial score (nSPS) is 14.0. The van der Waals surface area contributed by atoms with E-state index in [1.54, 1.807) is 0 Å². The van der Waals surface area contributed by atoms with Crippen LogP contribution in [0.5, 0.6) is 0 Å². The highest BCUT2D eigenvalue weighted by molar-refractivity contribution is 7.99. The number of amides is 1. The molecule has 1 aliphatic heterocycles. The molecule has 0 spiro atoms. The van der Waals surface area contributed by atoms with Gasteiger partial charge in [0.05, 0.1) is 25.5 Å². The summed E-state index contributed by atoms with van der Waals surface area (Å²) in [5.74, 6) is 1.23. The molecule has 3 aromatic rings. The van der Waals surface area contributed by atoms with E-state index in [4.69, 9.17) is 4.74 Å². The predicted molar refractivity (Wildman–Crippen MR) is 118 cm³/mol. The van der Waals surface area contributed by atoms with Crippen LogP contribution in [0.1, 0.15) is 11.4 Å². The minimum absolute atomic E-state index is 0.102. The summed E-state index contributed by atoms with van der Waals surface area (Å²) in [7, 11) is 0. The van der Waals surface area contributed by atoms with Crippen LogP contribution in [0.15, 0.2) is 59.8 Å². The van der Waals surface area contributed by atoms with Crippen LogP contribution in [0.3, 0.4) is 0 Å². The van der Waals surface area contributed by atoms with E-state index in [9.17, 15) is 4.79 Å². The lowest BCUT2D eigenvalue weighted by Gasteiger charge is -2.26. The van der Waals surface area contributed by atoms with Gasteiger partial charge in [-0.1, -0.05) is 47.7 Å². The molecular formula is C22H25N5O2S. The van der Waals surface area contributed by atoms with Crippen LogP contribution < -0.4 is 5.32 Å². The Morgan fingerprint density at radius 3 is 2.53 bits per heavy atom. The molecule has 30 heavy (non-hydrogen) atoms. The van der Waals surface area contributed by atoms with Gasteiger partial charge in [-0.2, -0.15) is 0 Å². The highest BCUT2D eigenvalue weighted by atomic mass is 32.2. The summed E-state index contributed by atoms with van der Waals surface area (Å²) in [6.07, 6.45) is 0. The van der Waals surface area contributed by atoms with Crippen molar-refractivity contribution in [3.63, 3.8) is 0 Å². The first-order chi connectivity index (χ1) is 14.7. The molecule has 8 heteroatoms. The molecule has 1 aromatic heterocycles.